The molecule has 5 heteroatoms. The Morgan fingerprint density at radius 1 is 1.29 bits per heavy atom. The highest BCUT2D eigenvalue weighted by Crippen LogP contribution is 2.11. The van der Waals surface area contributed by atoms with Crippen LogP contribution in [0.15, 0.2) is 24.3 Å². The molecule has 0 aliphatic carbocycles. The number of hydrogen-bond acceptors (Lipinski definition) is 3. The summed E-state index contributed by atoms with van der Waals surface area (Å²) < 4.78 is 5.41. The van der Waals surface area contributed by atoms with Crippen LogP contribution in [0.2, 0.25) is 0 Å². The molecule has 5 nitrogen and oxygen atoms in total. The minimum atomic E-state index is -0.146. The first-order valence-electron chi connectivity index (χ1n) is 7.32. The Morgan fingerprint density at radius 3 is 2.71 bits per heavy atom. The monoisotopic (exact) mass is 292 g/mol. The molecular weight excluding hydrogens is 268 g/mol. The molecule has 0 bridgehead atoms. The van der Waals surface area contributed by atoms with Crippen LogP contribution in [-0.4, -0.2) is 31.1 Å². The number of carbonyl (C=O) groups excluding carboxylic acids is 2. The van der Waals surface area contributed by atoms with E-state index >= 15 is 0 Å². The maximum absolute atomic E-state index is 12.0. The van der Waals surface area contributed by atoms with E-state index in [1.807, 2.05) is 13.8 Å². The van der Waals surface area contributed by atoms with Gasteiger partial charge in [0.05, 0.1) is 6.10 Å². The molecule has 2 N–H and O–H groups in total. The quantitative estimate of drug-likeness (QED) is 0.724. The highest BCUT2D eigenvalue weighted by molar-refractivity contribution is 5.97. The topological polar surface area (TPSA) is 67.4 Å². The van der Waals surface area contributed by atoms with Gasteiger partial charge in [-0.05, 0) is 38.5 Å². The minimum Gasteiger partial charge on any atom is -0.379 e. The summed E-state index contributed by atoms with van der Waals surface area (Å²) >= 11 is 0. The summed E-state index contributed by atoms with van der Waals surface area (Å²) in [6.45, 7) is 6.94. The van der Waals surface area contributed by atoms with E-state index in [9.17, 15) is 9.59 Å². The van der Waals surface area contributed by atoms with Crippen molar-refractivity contribution in [3.8, 4) is 0 Å². The Morgan fingerprint density at radius 2 is 2.05 bits per heavy atom. The summed E-state index contributed by atoms with van der Waals surface area (Å²) in [7, 11) is 0. The fourth-order valence-corrected chi connectivity index (χ4v) is 1.68. The molecule has 0 aliphatic heterocycles. The van der Waals surface area contributed by atoms with E-state index in [1.54, 1.807) is 31.2 Å². The van der Waals surface area contributed by atoms with Gasteiger partial charge in [0.15, 0.2) is 0 Å². The molecule has 0 heterocycles. The van der Waals surface area contributed by atoms with E-state index in [2.05, 4.69) is 10.6 Å². The van der Waals surface area contributed by atoms with Crippen LogP contribution < -0.4 is 10.6 Å². The van der Waals surface area contributed by atoms with Crippen molar-refractivity contribution in [3.63, 3.8) is 0 Å². The summed E-state index contributed by atoms with van der Waals surface area (Å²) in [5, 5.41) is 5.57. The van der Waals surface area contributed by atoms with Gasteiger partial charge in [0, 0.05) is 30.8 Å². The molecule has 0 aliphatic rings. The molecule has 2 amide bonds. The lowest BCUT2D eigenvalue weighted by molar-refractivity contribution is -0.115. The van der Waals surface area contributed by atoms with E-state index in [-0.39, 0.29) is 17.9 Å². The van der Waals surface area contributed by atoms with Crippen LogP contribution in [0.1, 0.15) is 44.0 Å². The van der Waals surface area contributed by atoms with Crippen molar-refractivity contribution in [2.75, 3.05) is 18.5 Å². The Bertz CT molecular complexity index is 472. The number of anilines is 1. The molecule has 1 rings (SSSR count). The number of nitrogens with one attached hydrogen (secondary N) is 2. The smallest absolute Gasteiger partial charge is 0.251 e. The predicted octanol–water partition coefficient (Wildman–Crippen LogP) is 2.58. The van der Waals surface area contributed by atoms with Crippen molar-refractivity contribution in [2.45, 2.75) is 39.7 Å². The first kappa shape index (κ1) is 17.2. The molecule has 0 saturated heterocycles. The Hall–Kier alpha value is -1.88. The van der Waals surface area contributed by atoms with Gasteiger partial charge in [0.25, 0.3) is 5.91 Å². The summed E-state index contributed by atoms with van der Waals surface area (Å²) in [4.78, 5) is 23.3. The number of benzene rings is 1. The highest BCUT2D eigenvalue weighted by Gasteiger charge is 2.06. The largest absolute Gasteiger partial charge is 0.379 e. The molecule has 1 aromatic carbocycles. The maximum Gasteiger partial charge on any atom is 0.251 e. The second kappa shape index (κ2) is 9.13. The zero-order valence-electron chi connectivity index (χ0n) is 12.9. The van der Waals surface area contributed by atoms with Gasteiger partial charge in [0.1, 0.15) is 0 Å². The van der Waals surface area contributed by atoms with Gasteiger partial charge in [0.2, 0.25) is 5.91 Å². The third kappa shape index (κ3) is 6.90. The maximum atomic E-state index is 12.0. The third-order valence-corrected chi connectivity index (χ3v) is 2.79. The van der Waals surface area contributed by atoms with Gasteiger partial charge in [-0.25, -0.2) is 0 Å². The second-order valence-electron chi connectivity index (χ2n) is 5.01. The zero-order chi connectivity index (χ0) is 15.7. The molecule has 0 aromatic heterocycles. The summed E-state index contributed by atoms with van der Waals surface area (Å²) in [5.41, 5.74) is 1.17. The van der Waals surface area contributed by atoms with Crippen molar-refractivity contribution in [1.82, 2.24) is 5.32 Å². The Kier molecular flexibility index (Phi) is 7.46. The van der Waals surface area contributed by atoms with Crippen molar-refractivity contribution < 1.29 is 14.3 Å². The van der Waals surface area contributed by atoms with Crippen molar-refractivity contribution in [3.05, 3.63) is 29.8 Å². The van der Waals surface area contributed by atoms with Crippen LogP contribution in [0.4, 0.5) is 5.69 Å². The van der Waals surface area contributed by atoms with E-state index in [4.69, 9.17) is 4.74 Å². The SMILES string of the molecule is CCC(=O)Nc1cccc(C(=O)NCCCOC(C)C)c1. The number of amides is 2. The average molecular weight is 292 g/mol. The Balaban J connectivity index is 2.43. The number of rotatable bonds is 8. The fourth-order valence-electron chi connectivity index (χ4n) is 1.68. The van der Waals surface area contributed by atoms with E-state index in [1.165, 1.54) is 0 Å². The van der Waals surface area contributed by atoms with Crippen LogP contribution >= 0.6 is 0 Å². The van der Waals surface area contributed by atoms with Gasteiger partial charge in [-0.1, -0.05) is 13.0 Å². The van der Waals surface area contributed by atoms with Crippen LogP contribution in [0.25, 0.3) is 0 Å². The first-order valence-corrected chi connectivity index (χ1v) is 7.32. The van der Waals surface area contributed by atoms with E-state index in [0.717, 1.165) is 6.42 Å². The van der Waals surface area contributed by atoms with Crippen molar-refractivity contribution in [2.24, 2.45) is 0 Å². The van der Waals surface area contributed by atoms with Crippen molar-refractivity contribution in [1.29, 1.82) is 0 Å². The van der Waals surface area contributed by atoms with Gasteiger partial charge >= 0.3 is 0 Å². The first-order chi connectivity index (χ1) is 10.0. The van der Waals surface area contributed by atoms with E-state index in [0.29, 0.717) is 30.8 Å². The lowest BCUT2D eigenvalue weighted by atomic mass is 10.2. The number of hydrogen-bond donors (Lipinski definition) is 2. The summed E-state index contributed by atoms with van der Waals surface area (Å²) in [6.07, 6.45) is 1.39. The average Bonchev–Trinajstić information content (AvgIpc) is 2.46. The molecular formula is C16H24N2O3. The van der Waals surface area contributed by atoms with Crippen LogP contribution in [0.5, 0.6) is 0 Å². The molecule has 116 valence electrons. The number of ether oxygens (including phenoxy) is 1. The van der Waals surface area contributed by atoms with Crippen molar-refractivity contribution >= 4 is 17.5 Å². The summed E-state index contributed by atoms with van der Waals surface area (Å²) in [5.74, 6) is -0.217. The summed E-state index contributed by atoms with van der Waals surface area (Å²) in [6, 6.07) is 6.91. The highest BCUT2D eigenvalue weighted by atomic mass is 16.5. The third-order valence-electron chi connectivity index (χ3n) is 2.79. The molecule has 0 spiro atoms. The normalized spacial score (nSPS) is 10.5. The lowest BCUT2D eigenvalue weighted by Crippen LogP contribution is -2.25. The predicted molar refractivity (Wildman–Crippen MR) is 83.4 cm³/mol. The van der Waals surface area contributed by atoms with Crippen LogP contribution in [-0.2, 0) is 9.53 Å². The van der Waals surface area contributed by atoms with Gasteiger partial charge in [-0.3, -0.25) is 9.59 Å². The molecule has 0 fully saturated rings. The fraction of sp³-hybridized carbons (Fsp3) is 0.500. The molecule has 0 radical (unpaired) electrons. The molecule has 0 atom stereocenters. The van der Waals surface area contributed by atoms with Crippen LogP contribution in [0, 0.1) is 0 Å². The van der Waals surface area contributed by atoms with Crippen LogP contribution in [0.3, 0.4) is 0 Å². The molecule has 1 aromatic rings. The second-order valence-corrected chi connectivity index (χ2v) is 5.01. The minimum absolute atomic E-state index is 0.0709. The lowest BCUT2D eigenvalue weighted by Gasteiger charge is -2.09. The van der Waals surface area contributed by atoms with Gasteiger partial charge < -0.3 is 15.4 Å². The molecule has 0 saturated carbocycles. The Labute approximate surface area is 126 Å². The zero-order valence-corrected chi connectivity index (χ0v) is 12.9. The molecule has 0 unspecified atom stereocenters. The van der Waals surface area contributed by atoms with Gasteiger partial charge in [-0.15, -0.1) is 0 Å². The number of carbonyl (C=O) groups is 2. The van der Waals surface area contributed by atoms with Gasteiger partial charge in [-0.2, -0.15) is 0 Å². The standard InChI is InChI=1S/C16H24N2O3/c1-4-15(19)18-14-8-5-7-13(11-14)16(20)17-9-6-10-21-12(2)3/h5,7-8,11-12H,4,6,9-10H2,1-3H3,(H,17,20)(H,18,19). The molecule has 21 heavy (non-hydrogen) atoms. The van der Waals surface area contributed by atoms with E-state index < -0.39 is 0 Å².